The van der Waals surface area contributed by atoms with E-state index in [1.807, 2.05) is 17.9 Å². The normalized spacial score (nSPS) is 21.8. The van der Waals surface area contributed by atoms with Gasteiger partial charge in [0.25, 0.3) is 0 Å². The third-order valence-electron chi connectivity index (χ3n) is 3.36. The van der Waals surface area contributed by atoms with Gasteiger partial charge in [0, 0.05) is 20.1 Å². The van der Waals surface area contributed by atoms with Crippen LogP contribution >= 0.6 is 0 Å². The molecular formula is C11H21N5. The lowest BCUT2D eigenvalue weighted by molar-refractivity contribution is 0.338. The zero-order valence-corrected chi connectivity index (χ0v) is 10.2. The lowest BCUT2D eigenvalue weighted by Crippen LogP contribution is -2.26. The molecule has 0 spiro atoms. The smallest absolute Gasteiger partial charge is 0.0738 e. The summed E-state index contributed by atoms with van der Waals surface area (Å²) in [5.74, 6) is 0.807. The lowest BCUT2D eigenvalue weighted by Gasteiger charge is -2.13. The Kier molecular flexibility index (Phi) is 3.90. The molecule has 1 unspecified atom stereocenters. The number of nitrogens with zero attached hydrogens (tertiary/aromatic N) is 4. The molecule has 1 N–H and O–H groups in total. The maximum absolute atomic E-state index is 3.91. The molecule has 0 aromatic carbocycles. The number of aromatic nitrogens is 3. The first-order chi connectivity index (χ1) is 7.79. The van der Waals surface area contributed by atoms with Crippen molar-refractivity contribution in [3.05, 3.63) is 11.9 Å². The molecule has 5 nitrogen and oxygen atoms in total. The molecule has 16 heavy (non-hydrogen) atoms. The van der Waals surface area contributed by atoms with E-state index in [-0.39, 0.29) is 0 Å². The maximum atomic E-state index is 3.91. The van der Waals surface area contributed by atoms with Crippen LogP contribution in [0.5, 0.6) is 0 Å². The Labute approximate surface area is 96.8 Å². The molecule has 0 radical (unpaired) electrons. The second-order valence-corrected chi connectivity index (χ2v) is 4.53. The van der Waals surface area contributed by atoms with Crippen molar-refractivity contribution in [2.75, 3.05) is 26.2 Å². The Morgan fingerprint density at radius 3 is 3.06 bits per heavy atom. The Morgan fingerprint density at radius 1 is 1.56 bits per heavy atom. The van der Waals surface area contributed by atoms with Crippen molar-refractivity contribution in [3.8, 4) is 0 Å². The topological polar surface area (TPSA) is 46.0 Å². The van der Waals surface area contributed by atoms with E-state index in [2.05, 4.69) is 27.5 Å². The SMILES string of the molecule is CCN1CCC(CNCc2cnnn2C)C1. The number of hydrogen-bond acceptors (Lipinski definition) is 4. The van der Waals surface area contributed by atoms with E-state index in [1.54, 1.807) is 0 Å². The van der Waals surface area contributed by atoms with E-state index in [1.165, 1.54) is 26.1 Å². The van der Waals surface area contributed by atoms with Crippen molar-refractivity contribution in [1.29, 1.82) is 0 Å². The highest BCUT2D eigenvalue weighted by molar-refractivity contribution is 4.92. The largest absolute Gasteiger partial charge is 0.311 e. The summed E-state index contributed by atoms with van der Waals surface area (Å²) in [5.41, 5.74) is 1.14. The minimum atomic E-state index is 0.807. The van der Waals surface area contributed by atoms with E-state index in [0.29, 0.717) is 0 Å². The summed E-state index contributed by atoms with van der Waals surface area (Å²) in [6, 6.07) is 0. The Balaban J connectivity index is 1.67. The van der Waals surface area contributed by atoms with Gasteiger partial charge in [-0.05, 0) is 32.0 Å². The Bertz CT molecular complexity index is 322. The predicted molar refractivity (Wildman–Crippen MR) is 62.9 cm³/mol. The number of aryl methyl sites for hydroxylation is 1. The first-order valence-corrected chi connectivity index (χ1v) is 6.06. The maximum Gasteiger partial charge on any atom is 0.0738 e. The van der Waals surface area contributed by atoms with Crippen molar-refractivity contribution in [2.45, 2.75) is 19.9 Å². The summed E-state index contributed by atoms with van der Waals surface area (Å²) in [4.78, 5) is 2.51. The summed E-state index contributed by atoms with van der Waals surface area (Å²) in [5, 5.41) is 11.3. The van der Waals surface area contributed by atoms with Crippen LogP contribution in [0.3, 0.4) is 0 Å². The average Bonchev–Trinajstić information content (AvgIpc) is 2.89. The zero-order valence-electron chi connectivity index (χ0n) is 10.2. The van der Waals surface area contributed by atoms with Crippen molar-refractivity contribution in [3.63, 3.8) is 0 Å². The Hall–Kier alpha value is -0.940. The summed E-state index contributed by atoms with van der Waals surface area (Å²) < 4.78 is 1.82. The molecule has 0 aliphatic carbocycles. The standard InChI is InChI=1S/C11H21N5/c1-3-16-5-4-10(9-16)6-12-7-11-8-13-14-15(11)2/h8,10,12H,3-7,9H2,1-2H3. The molecule has 1 saturated heterocycles. The number of likely N-dealkylation sites (tertiary alicyclic amines) is 1. The van der Waals surface area contributed by atoms with Crippen LogP contribution in [0.1, 0.15) is 19.0 Å². The fourth-order valence-electron chi connectivity index (χ4n) is 2.24. The monoisotopic (exact) mass is 223 g/mol. The van der Waals surface area contributed by atoms with Gasteiger partial charge < -0.3 is 10.2 Å². The van der Waals surface area contributed by atoms with Crippen LogP contribution in [-0.2, 0) is 13.6 Å². The quantitative estimate of drug-likeness (QED) is 0.777. The Morgan fingerprint density at radius 2 is 2.44 bits per heavy atom. The van der Waals surface area contributed by atoms with E-state index in [0.717, 1.165) is 24.7 Å². The van der Waals surface area contributed by atoms with Crippen molar-refractivity contribution >= 4 is 0 Å². The first-order valence-electron chi connectivity index (χ1n) is 6.06. The molecule has 1 aromatic rings. The highest BCUT2D eigenvalue weighted by atomic mass is 15.4. The van der Waals surface area contributed by atoms with Crippen LogP contribution in [0, 0.1) is 5.92 Å². The molecule has 0 saturated carbocycles. The van der Waals surface area contributed by atoms with E-state index in [9.17, 15) is 0 Å². The molecule has 1 aliphatic heterocycles. The molecule has 2 heterocycles. The highest BCUT2D eigenvalue weighted by Crippen LogP contribution is 2.14. The molecule has 1 aliphatic rings. The van der Waals surface area contributed by atoms with Gasteiger partial charge in [-0.3, -0.25) is 4.68 Å². The van der Waals surface area contributed by atoms with E-state index in [4.69, 9.17) is 0 Å². The number of hydrogen-bond donors (Lipinski definition) is 1. The zero-order chi connectivity index (χ0) is 11.4. The molecule has 90 valence electrons. The molecule has 0 bridgehead atoms. The summed E-state index contributed by atoms with van der Waals surface area (Å²) in [6.45, 7) is 7.89. The first kappa shape index (κ1) is 11.5. The van der Waals surface area contributed by atoms with Crippen molar-refractivity contribution < 1.29 is 0 Å². The van der Waals surface area contributed by atoms with Crippen LogP contribution in [0.4, 0.5) is 0 Å². The predicted octanol–water partition coefficient (Wildman–Crippen LogP) is 0.246. The van der Waals surface area contributed by atoms with Crippen LogP contribution in [0.15, 0.2) is 6.20 Å². The highest BCUT2D eigenvalue weighted by Gasteiger charge is 2.20. The minimum Gasteiger partial charge on any atom is -0.311 e. The number of rotatable bonds is 5. The van der Waals surface area contributed by atoms with Gasteiger partial charge in [-0.2, -0.15) is 0 Å². The molecule has 1 fully saturated rings. The molecule has 0 amide bonds. The van der Waals surface area contributed by atoms with Crippen molar-refractivity contribution in [1.82, 2.24) is 25.2 Å². The number of nitrogens with one attached hydrogen (secondary N) is 1. The average molecular weight is 223 g/mol. The van der Waals surface area contributed by atoms with Gasteiger partial charge >= 0.3 is 0 Å². The van der Waals surface area contributed by atoms with Gasteiger partial charge in [-0.1, -0.05) is 12.1 Å². The molecule has 2 rings (SSSR count). The molecule has 1 aromatic heterocycles. The van der Waals surface area contributed by atoms with Gasteiger partial charge in [-0.25, -0.2) is 0 Å². The molecule has 1 atom stereocenters. The van der Waals surface area contributed by atoms with Crippen molar-refractivity contribution in [2.24, 2.45) is 13.0 Å². The van der Waals surface area contributed by atoms with Gasteiger partial charge in [0.1, 0.15) is 0 Å². The van der Waals surface area contributed by atoms with Gasteiger partial charge in [0.15, 0.2) is 0 Å². The minimum absolute atomic E-state index is 0.807. The fourth-order valence-corrected chi connectivity index (χ4v) is 2.24. The third-order valence-corrected chi connectivity index (χ3v) is 3.36. The van der Waals surface area contributed by atoms with Crippen LogP contribution in [0.2, 0.25) is 0 Å². The van der Waals surface area contributed by atoms with Gasteiger partial charge in [0.05, 0.1) is 11.9 Å². The van der Waals surface area contributed by atoms with Crippen LogP contribution < -0.4 is 5.32 Å². The summed E-state index contributed by atoms with van der Waals surface area (Å²) >= 11 is 0. The van der Waals surface area contributed by atoms with Crippen LogP contribution in [-0.4, -0.2) is 46.1 Å². The summed E-state index contributed by atoms with van der Waals surface area (Å²) in [6.07, 6.45) is 3.14. The lowest BCUT2D eigenvalue weighted by atomic mass is 10.1. The van der Waals surface area contributed by atoms with E-state index < -0.39 is 0 Å². The molecular weight excluding hydrogens is 202 g/mol. The van der Waals surface area contributed by atoms with Gasteiger partial charge in [0.2, 0.25) is 0 Å². The third kappa shape index (κ3) is 2.80. The molecule has 5 heteroatoms. The summed E-state index contributed by atoms with van der Waals surface area (Å²) in [7, 11) is 1.93. The van der Waals surface area contributed by atoms with E-state index >= 15 is 0 Å². The second kappa shape index (κ2) is 5.41. The van der Waals surface area contributed by atoms with Gasteiger partial charge in [-0.15, -0.1) is 5.10 Å². The van der Waals surface area contributed by atoms with Crippen LogP contribution in [0.25, 0.3) is 0 Å². The second-order valence-electron chi connectivity index (χ2n) is 4.53. The fraction of sp³-hybridized carbons (Fsp3) is 0.818.